The third-order valence-corrected chi connectivity index (χ3v) is 7.36. The highest BCUT2D eigenvalue weighted by Gasteiger charge is 2.22. The lowest BCUT2D eigenvalue weighted by Crippen LogP contribution is -2.18. The number of aromatic nitrogens is 6. The van der Waals surface area contributed by atoms with E-state index in [1.54, 1.807) is 12.1 Å². The van der Waals surface area contributed by atoms with Crippen LogP contribution in [0, 0.1) is 5.82 Å². The number of pyridine rings is 2. The second-order valence-corrected chi connectivity index (χ2v) is 10.1. The first-order valence-electron chi connectivity index (χ1n) is 13.1. The summed E-state index contributed by atoms with van der Waals surface area (Å²) in [6.45, 7) is 3.18. The van der Waals surface area contributed by atoms with Gasteiger partial charge in [-0.3, -0.25) is 15.0 Å². The van der Waals surface area contributed by atoms with E-state index in [1.165, 1.54) is 30.5 Å². The molecule has 1 aromatic carbocycles. The molecule has 0 spiro atoms. The van der Waals surface area contributed by atoms with Crippen molar-refractivity contribution in [3.8, 4) is 22.8 Å². The van der Waals surface area contributed by atoms with Gasteiger partial charge in [0.25, 0.3) is 0 Å². The minimum atomic E-state index is -0.285. The molecule has 0 radical (unpaired) electrons. The van der Waals surface area contributed by atoms with Gasteiger partial charge in [-0.1, -0.05) is 18.2 Å². The zero-order valence-corrected chi connectivity index (χ0v) is 21.3. The zero-order chi connectivity index (χ0) is 26.3. The maximum absolute atomic E-state index is 13.6. The molecule has 1 saturated heterocycles. The molecule has 5 aromatic rings. The third kappa shape index (κ3) is 4.51. The molecule has 1 aliphatic carbocycles. The first-order valence-corrected chi connectivity index (χ1v) is 13.1. The summed E-state index contributed by atoms with van der Waals surface area (Å²) in [5, 5.41) is 7.65. The van der Waals surface area contributed by atoms with Crippen LogP contribution < -0.4 is 5.73 Å². The summed E-state index contributed by atoms with van der Waals surface area (Å²) in [4.78, 5) is 20.3. The van der Waals surface area contributed by atoms with E-state index in [1.807, 2.05) is 36.7 Å². The van der Waals surface area contributed by atoms with E-state index < -0.39 is 0 Å². The van der Waals surface area contributed by atoms with E-state index in [2.05, 4.69) is 31.1 Å². The monoisotopic (exact) mass is 518 g/mol. The highest BCUT2D eigenvalue weighted by molar-refractivity contribution is 5.90. The summed E-state index contributed by atoms with van der Waals surface area (Å²) in [6.07, 6.45) is 10.6. The maximum Gasteiger partial charge on any atom is 0.161 e. The van der Waals surface area contributed by atoms with Gasteiger partial charge in [-0.25, -0.2) is 14.4 Å². The second-order valence-electron chi connectivity index (χ2n) is 10.1. The Kier molecular flexibility index (Phi) is 5.78. The molecule has 9 heteroatoms. The Labute approximate surface area is 224 Å². The van der Waals surface area contributed by atoms with E-state index in [-0.39, 0.29) is 5.82 Å². The van der Waals surface area contributed by atoms with Crippen LogP contribution in [0.3, 0.4) is 0 Å². The Bertz CT molecular complexity index is 1740. The van der Waals surface area contributed by atoms with Crippen molar-refractivity contribution in [1.29, 1.82) is 0 Å². The van der Waals surface area contributed by atoms with Gasteiger partial charge in [0.15, 0.2) is 11.5 Å². The van der Waals surface area contributed by atoms with Crippen LogP contribution >= 0.6 is 0 Å². The normalized spacial score (nSPS) is 15.7. The van der Waals surface area contributed by atoms with Crippen molar-refractivity contribution < 1.29 is 4.39 Å². The number of nitrogens with one attached hydrogen (secondary N) is 2. The lowest BCUT2D eigenvalue weighted by molar-refractivity contribution is 0.331. The number of nitrogens with two attached hydrogens (primary N) is 1. The van der Waals surface area contributed by atoms with E-state index >= 15 is 0 Å². The number of imidazole rings is 1. The molecule has 1 fully saturated rings. The largest absolute Gasteiger partial charge is 0.402 e. The first-order chi connectivity index (χ1) is 19.1. The van der Waals surface area contributed by atoms with E-state index in [9.17, 15) is 4.39 Å². The summed E-state index contributed by atoms with van der Waals surface area (Å²) in [6, 6.07) is 12.5. The van der Waals surface area contributed by atoms with Gasteiger partial charge in [-0.05, 0) is 73.5 Å². The Morgan fingerprint density at radius 1 is 0.923 bits per heavy atom. The molecule has 194 valence electrons. The minimum Gasteiger partial charge on any atom is -0.402 e. The molecule has 0 saturated carbocycles. The fourth-order valence-electron chi connectivity index (χ4n) is 5.40. The number of benzene rings is 1. The number of allylic oxidation sites excluding steroid dienone is 3. The average molecular weight is 519 g/mol. The summed E-state index contributed by atoms with van der Waals surface area (Å²) >= 11 is 0. The van der Waals surface area contributed by atoms with Crippen molar-refractivity contribution in [2.45, 2.75) is 25.8 Å². The smallest absolute Gasteiger partial charge is 0.161 e. The highest BCUT2D eigenvalue weighted by atomic mass is 19.1. The van der Waals surface area contributed by atoms with Crippen LogP contribution in [0.2, 0.25) is 0 Å². The van der Waals surface area contributed by atoms with Crippen LogP contribution in [0.4, 0.5) is 4.39 Å². The van der Waals surface area contributed by atoms with Crippen molar-refractivity contribution in [3.63, 3.8) is 0 Å². The fraction of sp³-hybridized carbons (Fsp3) is 0.200. The van der Waals surface area contributed by atoms with E-state index in [0.717, 1.165) is 64.4 Å². The van der Waals surface area contributed by atoms with E-state index in [0.29, 0.717) is 23.6 Å². The number of fused-ring (bicyclic) bond motifs is 2. The Morgan fingerprint density at radius 3 is 2.62 bits per heavy atom. The quantitative estimate of drug-likeness (QED) is 0.303. The molecule has 0 amide bonds. The van der Waals surface area contributed by atoms with Crippen LogP contribution in [-0.2, 0) is 13.0 Å². The summed E-state index contributed by atoms with van der Waals surface area (Å²) in [7, 11) is 0. The SMILES string of the molecule is NC1=CC=C(c2ccc(F)cc2)c2nc(-c3n[nH]c4ccc(-c5cncc(CN6CCCC6)c5)nc34)[nH]c2C1. The van der Waals surface area contributed by atoms with Crippen LogP contribution in [-0.4, -0.2) is 48.1 Å². The maximum atomic E-state index is 13.6. The summed E-state index contributed by atoms with van der Waals surface area (Å²) in [5.74, 6) is 0.312. The van der Waals surface area contributed by atoms with Crippen molar-refractivity contribution >= 4 is 16.6 Å². The number of halogens is 1. The lowest BCUT2D eigenvalue weighted by atomic mass is 10.0. The fourth-order valence-corrected chi connectivity index (χ4v) is 5.40. The van der Waals surface area contributed by atoms with E-state index in [4.69, 9.17) is 15.7 Å². The zero-order valence-electron chi connectivity index (χ0n) is 21.3. The minimum absolute atomic E-state index is 0.285. The Hall–Kier alpha value is -4.63. The van der Waals surface area contributed by atoms with Gasteiger partial charge in [-0.2, -0.15) is 5.10 Å². The molecule has 2 aliphatic rings. The first kappa shape index (κ1) is 23.5. The molecule has 4 N–H and O–H groups in total. The third-order valence-electron chi connectivity index (χ3n) is 7.36. The van der Waals surface area contributed by atoms with Crippen LogP contribution in [0.15, 0.2) is 72.7 Å². The second kappa shape index (κ2) is 9.59. The van der Waals surface area contributed by atoms with Gasteiger partial charge >= 0.3 is 0 Å². The number of aromatic amines is 2. The molecule has 0 atom stereocenters. The number of nitrogens with zero attached hydrogens (tertiary/aromatic N) is 5. The molecule has 4 aromatic heterocycles. The van der Waals surface area contributed by atoms with Crippen LogP contribution in [0.5, 0.6) is 0 Å². The predicted molar refractivity (Wildman–Crippen MR) is 149 cm³/mol. The van der Waals surface area contributed by atoms with Gasteiger partial charge in [-0.15, -0.1) is 0 Å². The Morgan fingerprint density at radius 2 is 1.77 bits per heavy atom. The van der Waals surface area contributed by atoms with Crippen molar-refractivity contribution in [1.82, 2.24) is 35.0 Å². The topological polar surface area (TPSA) is 112 Å². The Balaban J connectivity index is 1.26. The molecule has 0 bridgehead atoms. The summed E-state index contributed by atoms with van der Waals surface area (Å²) in [5.41, 5.74) is 15.4. The average Bonchev–Trinajstić information content (AvgIpc) is 3.68. The molecule has 8 nitrogen and oxygen atoms in total. The van der Waals surface area contributed by atoms with Gasteiger partial charge in [0.05, 0.1) is 16.9 Å². The highest BCUT2D eigenvalue weighted by Crippen LogP contribution is 2.33. The molecule has 39 heavy (non-hydrogen) atoms. The molecular weight excluding hydrogens is 491 g/mol. The molecule has 1 aliphatic heterocycles. The van der Waals surface area contributed by atoms with Crippen molar-refractivity contribution in [3.05, 3.63) is 101 Å². The predicted octanol–water partition coefficient (Wildman–Crippen LogP) is 4.98. The van der Waals surface area contributed by atoms with Crippen molar-refractivity contribution in [2.75, 3.05) is 13.1 Å². The number of H-pyrrole nitrogens is 2. The van der Waals surface area contributed by atoms with Crippen LogP contribution in [0.25, 0.3) is 39.4 Å². The lowest BCUT2D eigenvalue weighted by Gasteiger charge is -2.14. The molecule has 0 unspecified atom stereocenters. The standard InChI is InChI=1S/C30H27FN8/c31-21-5-3-19(4-6-21)23-8-7-22(32)14-26-27(23)36-30(35-26)29-28-25(37-38-29)10-9-24(34-28)20-13-18(15-33-16-20)17-39-11-1-2-12-39/h3-10,13,15-16H,1-2,11-12,14,17,32H2,(H,35,36)(H,37,38). The van der Waals surface area contributed by atoms with Crippen molar-refractivity contribution in [2.24, 2.45) is 5.73 Å². The van der Waals surface area contributed by atoms with Gasteiger partial charge in [0, 0.05) is 47.9 Å². The molecule has 7 rings (SSSR count). The molecule has 5 heterocycles. The number of hydrogen-bond donors (Lipinski definition) is 3. The number of rotatable bonds is 5. The van der Waals surface area contributed by atoms with Gasteiger partial charge in [0.2, 0.25) is 0 Å². The number of likely N-dealkylation sites (tertiary alicyclic amines) is 1. The number of hydrogen-bond acceptors (Lipinski definition) is 6. The molecular formula is C30H27FN8. The summed E-state index contributed by atoms with van der Waals surface area (Å²) < 4.78 is 13.6. The van der Waals surface area contributed by atoms with Gasteiger partial charge in [0.1, 0.15) is 11.3 Å². The van der Waals surface area contributed by atoms with Crippen LogP contribution in [0.1, 0.15) is 35.4 Å². The van der Waals surface area contributed by atoms with Gasteiger partial charge < -0.3 is 10.7 Å².